The van der Waals surface area contributed by atoms with Crippen molar-refractivity contribution < 1.29 is 9.53 Å². The first-order chi connectivity index (χ1) is 10.8. The van der Waals surface area contributed by atoms with Crippen LogP contribution in [0.5, 0.6) is 0 Å². The van der Waals surface area contributed by atoms with Crippen molar-refractivity contribution in [1.29, 1.82) is 0 Å². The highest BCUT2D eigenvalue weighted by Gasteiger charge is 2.04. The third-order valence-corrected chi connectivity index (χ3v) is 4.26. The van der Waals surface area contributed by atoms with Gasteiger partial charge in [-0.1, -0.05) is 30.3 Å². The Hall–Kier alpha value is -1.78. The number of benzene rings is 2. The van der Waals surface area contributed by atoms with Crippen molar-refractivity contribution in [3.63, 3.8) is 0 Å². The Morgan fingerprint density at radius 3 is 2.50 bits per heavy atom. The van der Waals surface area contributed by atoms with Gasteiger partial charge in [-0.05, 0) is 36.2 Å². The van der Waals surface area contributed by atoms with Gasteiger partial charge in [-0.2, -0.15) is 0 Å². The Kier molecular flexibility index (Phi) is 7.00. The van der Waals surface area contributed by atoms with Crippen LogP contribution in [0.25, 0.3) is 0 Å². The Morgan fingerprint density at radius 1 is 1.09 bits per heavy atom. The summed E-state index contributed by atoms with van der Waals surface area (Å²) in [6.45, 7) is 1.30. The maximum absolute atomic E-state index is 11.9. The maximum Gasteiger partial charge on any atom is 0.251 e. The van der Waals surface area contributed by atoms with Crippen molar-refractivity contribution in [3.05, 3.63) is 65.7 Å². The van der Waals surface area contributed by atoms with Crippen molar-refractivity contribution in [1.82, 2.24) is 5.32 Å². The van der Waals surface area contributed by atoms with E-state index in [2.05, 4.69) is 17.4 Å². The van der Waals surface area contributed by atoms with E-state index in [1.165, 1.54) is 10.5 Å². The first kappa shape index (κ1) is 16.6. The van der Waals surface area contributed by atoms with Gasteiger partial charge in [0.2, 0.25) is 0 Å². The van der Waals surface area contributed by atoms with Gasteiger partial charge in [-0.15, -0.1) is 11.8 Å². The molecule has 4 heteroatoms. The molecule has 0 aliphatic heterocycles. The number of thioether (sulfide) groups is 1. The van der Waals surface area contributed by atoms with Crippen LogP contribution < -0.4 is 5.32 Å². The van der Waals surface area contributed by atoms with Gasteiger partial charge in [0.1, 0.15) is 0 Å². The van der Waals surface area contributed by atoms with Crippen molar-refractivity contribution in [2.24, 2.45) is 0 Å². The zero-order valence-electron chi connectivity index (χ0n) is 12.7. The summed E-state index contributed by atoms with van der Waals surface area (Å²) >= 11 is 1.79. The van der Waals surface area contributed by atoms with Gasteiger partial charge in [-0.3, -0.25) is 4.79 Å². The molecule has 2 rings (SSSR count). The molecule has 2 aromatic carbocycles. The van der Waals surface area contributed by atoms with E-state index in [1.54, 1.807) is 18.9 Å². The van der Waals surface area contributed by atoms with Gasteiger partial charge in [-0.25, -0.2) is 0 Å². The number of carbonyl (C=O) groups is 1. The van der Waals surface area contributed by atoms with Crippen molar-refractivity contribution >= 4 is 17.7 Å². The lowest BCUT2D eigenvalue weighted by molar-refractivity contribution is 0.0948. The van der Waals surface area contributed by atoms with Crippen LogP contribution in [0, 0.1) is 0 Å². The van der Waals surface area contributed by atoms with Gasteiger partial charge >= 0.3 is 0 Å². The molecule has 0 aromatic heterocycles. The minimum atomic E-state index is -0.0293. The first-order valence-electron chi connectivity index (χ1n) is 7.33. The highest BCUT2D eigenvalue weighted by atomic mass is 32.2. The molecular formula is C18H21NO2S. The van der Waals surface area contributed by atoms with Crippen LogP contribution in [-0.2, 0) is 10.5 Å². The average Bonchev–Trinajstić information content (AvgIpc) is 2.58. The molecule has 0 bridgehead atoms. The normalized spacial score (nSPS) is 10.4. The molecular weight excluding hydrogens is 294 g/mol. The van der Waals surface area contributed by atoms with E-state index in [9.17, 15) is 4.79 Å². The van der Waals surface area contributed by atoms with Crippen LogP contribution in [-0.4, -0.2) is 26.2 Å². The topological polar surface area (TPSA) is 38.3 Å². The first-order valence-corrected chi connectivity index (χ1v) is 8.32. The summed E-state index contributed by atoms with van der Waals surface area (Å²) in [4.78, 5) is 13.2. The lowest BCUT2D eigenvalue weighted by atomic mass is 10.1. The van der Waals surface area contributed by atoms with Crippen LogP contribution in [0.1, 0.15) is 22.3 Å². The minimum Gasteiger partial charge on any atom is -0.385 e. The molecule has 0 saturated carbocycles. The number of ether oxygens (including phenoxy) is 1. The fourth-order valence-electron chi connectivity index (χ4n) is 1.96. The number of methoxy groups -OCH3 is 1. The summed E-state index contributed by atoms with van der Waals surface area (Å²) in [6, 6.07) is 18.1. The van der Waals surface area contributed by atoms with Gasteiger partial charge < -0.3 is 10.1 Å². The summed E-state index contributed by atoms with van der Waals surface area (Å²) in [6.07, 6.45) is 0.827. The Balaban J connectivity index is 1.81. The highest BCUT2D eigenvalue weighted by molar-refractivity contribution is 7.98. The molecule has 0 spiro atoms. The van der Waals surface area contributed by atoms with E-state index in [4.69, 9.17) is 4.74 Å². The summed E-state index contributed by atoms with van der Waals surface area (Å²) in [5, 5.41) is 2.89. The Morgan fingerprint density at radius 2 is 1.82 bits per heavy atom. The fraction of sp³-hybridized carbons (Fsp3) is 0.278. The van der Waals surface area contributed by atoms with Crippen LogP contribution in [0.15, 0.2) is 59.5 Å². The van der Waals surface area contributed by atoms with Gasteiger partial charge in [0.05, 0.1) is 0 Å². The molecule has 0 unspecified atom stereocenters. The van der Waals surface area contributed by atoms with Crippen molar-refractivity contribution in [2.75, 3.05) is 20.3 Å². The second-order valence-corrected chi connectivity index (χ2v) is 5.95. The zero-order chi connectivity index (χ0) is 15.6. The van der Waals surface area contributed by atoms with Crippen LogP contribution in [0.4, 0.5) is 0 Å². The number of carbonyl (C=O) groups excluding carboxylic acids is 1. The predicted molar refractivity (Wildman–Crippen MR) is 91.3 cm³/mol. The zero-order valence-corrected chi connectivity index (χ0v) is 13.6. The summed E-state index contributed by atoms with van der Waals surface area (Å²) in [5.74, 6) is 0.873. The molecule has 0 radical (unpaired) electrons. The SMILES string of the molecule is COCCCNC(=O)c1ccc(CSc2ccccc2)cc1. The fourth-order valence-corrected chi connectivity index (χ4v) is 2.83. The molecule has 116 valence electrons. The number of nitrogens with one attached hydrogen (secondary N) is 1. The number of hydrogen-bond donors (Lipinski definition) is 1. The highest BCUT2D eigenvalue weighted by Crippen LogP contribution is 2.22. The maximum atomic E-state index is 11.9. The third-order valence-electron chi connectivity index (χ3n) is 3.18. The van der Waals surface area contributed by atoms with Crippen molar-refractivity contribution in [2.45, 2.75) is 17.1 Å². The summed E-state index contributed by atoms with van der Waals surface area (Å²) in [5.41, 5.74) is 1.91. The average molecular weight is 315 g/mol. The van der Waals surface area contributed by atoms with E-state index in [0.29, 0.717) is 18.7 Å². The van der Waals surface area contributed by atoms with E-state index in [-0.39, 0.29) is 5.91 Å². The molecule has 0 saturated heterocycles. The second-order valence-electron chi connectivity index (χ2n) is 4.90. The van der Waals surface area contributed by atoms with E-state index in [1.807, 2.05) is 42.5 Å². The molecule has 0 heterocycles. The van der Waals surface area contributed by atoms with Gasteiger partial charge in [0, 0.05) is 36.5 Å². The van der Waals surface area contributed by atoms with Crippen LogP contribution in [0.2, 0.25) is 0 Å². The monoisotopic (exact) mass is 315 g/mol. The predicted octanol–water partition coefficient (Wildman–Crippen LogP) is 3.75. The van der Waals surface area contributed by atoms with E-state index in [0.717, 1.165) is 12.2 Å². The second kappa shape index (κ2) is 9.28. The molecule has 1 amide bonds. The largest absolute Gasteiger partial charge is 0.385 e. The van der Waals surface area contributed by atoms with E-state index >= 15 is 0 Å². The number of rotatable bonds is 8. The molecule has 0 aliphatic carbocycles. The van der Waals surface area contributed by atoms with Crippen molar-refractivity contribution in [3.8, 4) is 0 Å². The molecule has 0 fully saturated rings. The smallest absolute Gasteiger partial charge is 0.251 e. The molecule has 0 aliphatic rings. The van der Waals surface area contributed by atoms with Gasteiger partial charge in [0.25, 0.3) is 5.91 Å². The van der Waals surface area contributed by atoms with Crippen LogP contribution in [0.3, 0.4) is 0 Å². The standard InChI is InChI=1S/C18H21NO2S/c1-21-13-5-12-19-18(20)16-10-8-15(9-11-16)14-22-17-6-3-2-4-7-17/h2-4,6-11H,5,12-14H2,1H3,(H,19,20). The quantitative estimate of drug-likeness (QED) is 0.595. The Bertz CT molecular complexity index is 569. The third kappa shape index (κ3) is 5.54. The van der Waals surface area contributed by atoms with E-state index < -0.39 is 0 Å². The molecule has 22 heavy (non-hydrogen) atoms. The molecule has 1 N–H and O–H groups in total. The minimum absolute atomic E-state index is 0.0293. The lowest BCUT2D eigenvalue weighted by Crippen LogP contribution is -2.25. The van der Waals surface area contributed by atoms with Gasteiger partial charge in [0.15, 0.2) is 0 Å². The van der Waals surface area contributed by atoms with Crippen LogP contribution >= 0.6 is 11.8 Å². The molecule has 0 atom stereocenters. The Labute approximate surface area is 136 Å². The molecule has 2 aromatic rings. The number of hydrogen-bond acceptors (Lipinski definition) is 3. The number of amides is 1. The summed E-state index contributed by atoms with van der Waals surface area (Å²) < 4.78 is 4.95. The lowest BCUT2D eigenvalue weighted by Gasteiger charge is -2.06. The molecule has 3 nitrogen and oxygen atoms in total. The summed E-state index contributed by atoms with van der Waals surface area (Å²) in [7, 11) is 1.66.